The molecule has 0 radical (unpaired) electrons. The van der Waals surface area contributed by atoms with Crippen LogP contribution in [0.4, 0.5) is 0 Å². The number of hydrogen-bond donors (Lipinski definition) is 2. The summed E-state index contributed by atoms with van der Waals surface area (Å²) in [5, 5.41) is 31.4. The Morgan fingerprint density at radius 1 is 1.27 bits per heavy atom. The number of fused-ring (bicyclic) bond motifs is 1. The predicted octanol–water partition coefficient (Wildman–Crippen LogP) is 2.80. The summed E-state index contributed by atoms with van der Waals surface area (Å²) in [4.78, 5) is 22.2. The molecule has 1 amide bonds. The first-order valence-electron chi connectivity index (χ1n) is 10.6. The van der Waals surface area contributed by atoms with E-state index < -0.39 is 18.2 Å². The molecule has 0 spiro atoms. The molecule has 0 unspecified atom stereocenters. The number of aliphatic hydroxyl groups is 2. The Balaban J connectivity index is 1.45. The van der Waals surface area contributed by atoms with E-state index in [0.717, 1.165) is 5.56 Å². The molecule has 0 bridgehead atoms. The van der Waals surface area contributed by atoms with E-state index in [9.17, 15) is 15.0 Å². The third-order valence-electron chi connectivity index (χ3n) is 6.17. The molecule has 1 saturated carbocycles. The van der Waals surface area contributed by atoms with Gasteiger partial charge in [-0.2, -0.15) is 5.26 Å². The maximum absolute atomic E-state index is 12.2. The Bertz CT molecular complexity index is 1220. The number of aromatic nitrogens is 3. The lowest BCUT2D eigenvalue weighted by molar-refractivity contribution is -0.129. The second-order valence-corrected chi connectivity index (χ2v) is 8.59. The molecule has 0 aliphatic heterocycles. The fraction of sp³-hybridized carbons (Fsp3) is 0.333. The van der Waals surface area contributed by atoms with Crippen molar-refractivity contribution in [2.24, 2.45) is 5.92 Å². The van der Waals surface area contributed by atoms with Gasteiger partial charge in [0.2, 0.25) is 5.91 Å². The number of carbonyl (C=O) groups is 1. The van der Waals surface area contributed by atoms with Crippen LogP contribution in [0.1, 0.15) is 30.5 Å². The third kappa shape index (κ3) is 4.76. The van der Waals surface area contributed by atoms with Crippen molar-refractivity contribution >= 4 is 34.6 Å². The molecule has 2 aromatic heterocycles. The maximum atomic E-state index is 12.2. The molecule has 4 rings (SSSR count). The van der Waals surface area contributed by atoms with Crippen LogP contribution in [-0.4, -0.2) is 60.9 Å². The molecule has 0 saturated heterocycles. The van der Waals surface area contributed by atoms with Crippen LogP contribution in [0.15, 0.2) is 48.9 Å². The van der Waals surface area contributed by atoms with Crippen LogP contribution in [0.25, 0.3) is 17.1 Å². The van der Waals surface area contributed by atoms with Gasteiger partial charge in [0.1, 0.15) is 23.2 Å². The molecule has 1 aliphatic carbocycles. The van der Waals surface area contributed by atoms with E-state index in [2.05, 4.69) is 16.0 Å². The molecule has 1 aromatic carbocycles. The normalized spacial score (nSPS) is 22.6. The van der Waals surface area contributed by atoms with Crippen molar-refractivity contribution in [1.29, 1.82) is 5.26 Å². The Kier molecular flexibility index (Phi) is 6.75. The lowest BCUT2D eigenvalue weighted by atomic mass is 10.0. The highest BCUT2D eigenvalue weighted by atomic mass is 35.5. The second kappa shape index (κ2) is 9.71. The van der Waals surface area contributed by atoms with Crippen molar-refractivity contribution < 1.29 is 15.0 Å². The van der Waals surface area contributed by atoms with Gasteiger partial charge in [0, 0.05) is 32.1 Å². The van der Waals surface area contributed by atoms with Gasteiger partial charge < -0.3 is 19.7 Å². The Morgan fingerprint density at radius 3 is 2.73 bits per heavy atom. The van der Waals surface area contributed by atoms with Crippen LogP contribution in [0.3, 0.4) is 0 Å². The highest BCUT2D eigenvalue weighted by molar-refractivity contribution is 6.33. The number of aliphatic hydroxyl groups excluding tert-OH is 2. The third-order valence-corrected chi connectivity index (χ3v) is 6.47. The van der Waals surface area contributed by atoms with Crippen molar-refractivity contribution in [3.05, 3.63) is 65.2 Å². The minimum Gasteiger partial charge on any atom is -0.390 e. The largest absolute Gasteiger partial charge is 0.390 e. The van der Waals surface area contributed by atoms with Gasteiger partial charge in [-0.05, 0) is 30.2 Å². The second-order valence-electron chi connectivity index (χ2n) is 8.23. The molecule has 2 heterocycles. The Morgan fingerprint density at radius 2 is 2.03 bits per heavy atom. The molecular formula is C24H24ClN5O3. The zero-order valence-electron chi connectivity index (χ0n) is 18.0. The minimum absolute atomic E-state index is 0.115. The SMILES string of the molecule is CC(=O)N(C/C=C/c1ccc(C#N)cc1)C[C@H]1C[C@@H](n2ccc3c(Cl)ncnc32)[C@H](O)[C@@H]1O. The van der Waals surface area contributed by atoms with Crippen LogP contribution in [0.5, 0.6) is 0 Å². The van der Waals surface area contributed by atoms with E-state index in [-0.39, 0.29) is 11.8 Å². The molecule has 33 heavy (non-hydrogen) atoms. The van der Waals surface area contributed by atoms with E-state index in [4.69, 9.17) is 16.9 Å². The average Bonchev–Trinajstić information content (AvgIpc) is 3.36. The lowest BCUT2D eigenvalue weighted by Crippen LogP contribution is -2.38. The quantitative estimate of drug-likeness (QED) is 0.541. The number of hydrogen-bond acceptors (Lipinski definition) is 6. The number of carbonyl (C=O) groups excluding carboxylic acids is 1. The van der Waals surface area contributed by atoms with Gasteiger partial charge in [0.15, 0.2) is 0 Å². The zero-order valence-corrected chi connectivity index (χ0v) is 18.8. The molecule has 8 nitrogen and oxygen atoms in total. The van der Waals surface area contributed by atoms with E-state index in [0.29, 0.717) is 41.3 Å². The van der Waals surface area contributed by atoms with Crippen LogP contribution < -0.4 is 0 Å². The van der Waals surface area contributed by atoms with Gasteiger partial charge in [-0.3, -0.25) is 4.79 Å². The van der Waals surface area contributed by atoms with Crippen molar-refractivity contribution in [1.82, 2.24) is 19.4 Å². The van der Waals surface area contributed by atoms with Crippen LogP contribution in [0.2, 0.25) is 5.15 Å². The van der Waals surface area contributed by atoms with Crippen LogP contribution in [0, 0.1) is 17.2 Å². The maximum Gasteiger partial charge on any atom is 0.219 e. The van der Waals surface area contributed by atoms with E-state index in [1.807, 2.05) is 28.9 Å². The van der Waals surface area contributed by atoms with Crippen LogP contribution in [-0.2, 0) is 4.79 Å². The highest BCUT2D eigenvalue weighted by Gasteiger charge is 2.43. The van der Waals surface area contributed by atoms with Crippen molar-refractivity contribution in [3.8, 4) is 6.07 Å². The first-order chi connectivity index (χ1) is 15.9. The summed E-state index contributed by atoms with van der Waals surface area (Å²) < 4.78 is 1.82. The number of nitriles is 1. The molecule has 9 heteroatoms. The van der Waals surface area contributed by atoms with Gasteiger partial charge in [-0.15, -0.1) is 0 Å². The number of rotatable bonds is 6. The first-order valence-corrected chi connectivity index (χ1v) is 11.0. The Hall–Kier alpha value is -3.25. The van der Waals surface area contributed by atoms with E-state index in [1.165, 1.54) is 13.3 Å². The first kappa shape index (κ1) is 22.9. The molecule has 2 N–H and O–H groups in total. The molecule has 1 fully saturated rings. The molecule has 1 aliphatic rings. The van der Waals surface area contributed by atoms with Gasteiger partial charge in [0.25, 0.3) is 0 Å². The summed E-state index contributed by atoms with van der Waals surface area (Å²) in [6.07, 6.45) is 5.42. The van der Waals surface area contributed by atoms with Gasteiger partial charge >= 0.3 is 0 Å². The summed E-state index contributed by atoms with van der Waals surface area (Å²) in [6, 6.07) is 10.6. The van der Waals surface area contributed by atoms with Gasteiger partial charge in [0.05, 0.1) is 29.2 Å². The van der Waals surface area contributed by atoms with E-state index >= 15 is 0 Å². The Labute approximate surface area is 196 Å². The summed E-state index contributed by atoms with van der Waals surface area (Å²) >= 11 is 6.14. The average molecular weight is 466 g/mol. The molecule has 170 valence electrons. The summed E-state index contributed by atoms with van der Waals surface area (Å²) in [5.74, 6) is -0.414. The van der Waals surface area contributed by atoms with E-state index in [1.54, 1.807) is 29.3 Å². The summed E-state index contributed by atoms with van der Waals surface area (Å²) in [6.45, 7) is 2.18. The van der Waals surface area contributed by atoms with Gasteiger partial charge in [-0.1, -0.05) is 35.9 Å². The van der Waals surface area contributed by atoms with Crippen molar-refractivity contribution in [2.45, 2.75) is 31.6 Å². The fourth-order valence-electron chi connectivity index (χ4n) is 4.36. The minimum atomic E-state index is -0.998. The van der Waals surface area contributed by atoms with Crippen molar-refractivity contribution in [3.63, 3.8) is 0 Å². The number of benzene rings is 1. The molecule has 3 aromatic rings. The number of amides is 1. The monoisotopic (exact) mass is 465 g/mol. The zero-order chi connectivity index (χ0) is 23.5. The highest BCUT2D eigenvalue weighted by Crippen LogP contribution is 2.38. The van der Waals surface area contributed by atoms with Crippen LogP contribution >= 0.6 is 11.6 Å². The summed E-state index contributed by atoms with van der Waals surface area (Å²) in [7, 11) is 0. The molecule has 4 atom stereocenters. The topological polar surface area (TPSA) is 115 Å². The predicted molar refractivity (Wildman–Crippen MR) is 124 cm³/mol. The summed E-state index contributed by atoms with van der Waals surface area (Å²) in [5.41, 5.74) is 2.11. The number of nitrogens with zero attached hydrogens (tertiary/aromatic N) is 5. The fourth-order valence-corrected chi connectivity index (χ4v) is 4.55. The van der Waals surface area contributed by atoms with Gasteiger partial charge in [-0.25, -0.2) is 9.97 Å². The lowest BCUT2D eigenvalue weighted by Gasteiger charge is -2.25. The molecular weight excluding hydrogens is 442 g/mol. The standard InChI is InChI=1S/C24H24ClN5O3/c1-15(31)29(9-2-3-16-4-6-17(12-26)7-5-16)13-18-11-20(22(33)21(18)32)30-10-8-19-23(25)27-14-28-24(19)30/h2-8,10,14,18,20-22,32-33H,9,11,13H2,1H3/b3-2+/t18-,20-,21-,22+/m1/s1. The smallest absolute Gasteiger partial charge is 0.219 e. The van der Waals surface area contributed by atoms with Crippen molar-refractivity contribution in [2.75, 3.05) is 13.1 Å². The number of halogens is 1.